The van der Waals surface area contributed by atoms with Gasteiger partial charge in [-0.05, 0) is 50.6 Å². The first-order chi connectivity index (χ1) is 14.5. The van der Waals surface area contributed by atoms with Crippen molar-refractivity contribution in [3.8, 4) is 0 Å². The van der Waals surface area contributed by atoms with E-state index in [1.165, 1.54) is 29.2 Å². The van der Waals surface area contributed by atoms with Gasteiger partial charge in [-0.3, -0.25) is 13.9 Å². The second-order valence-corrected chi connectivity index (χ2v) is 9.23. The average molecular weight is 450 g/mol. The van der Waals surface area contributed by atoms with Crippen molar-refractivity contribution < 1.29 is 22.4 Å². The summed E-state index contributed by atoms with van der Waals surface area (Å²) < 4.78 is 39.1. The lowest BCUT2D eigenvalue weighted by Crippen LogP contribution is -2.51. The third-order valence-electron chi connectivity index (χ3n) is 4.79. The number of sulfonamides is 1. The summed E-state index contributed by atoms with van der Waals surface area (Å²) >= 11 is 0. The van der Waals surface area contributed by atoms with E-state index in [0.29, 0.717) is 17.8 Å². The number of aryl methyl sites for hydroxylation is 1. The zero-order valence-electron chi connectivity index (χ0n) is 18.1. The molecule has 1 N–H and O–H groups in total. The van der Waals surface area contributed by atoms with Crippen LogP contribution in [0.2, 0.25) is 0 Å². The molecule has 168 valence electrons. The Morgan fingerprint density at radius 2 is 1.65 bits per heavy atom. The lowest BCUT2D eigenvalue weighted by Gasteiger charge is -2.31. The summed E-state index contributed by atoms with van der Waals surface area (Å²) in [7, 11) is -3.76. The van der Waals surface area contributed by atoms with Gasteiger partial charge < -0.3 is 10.2 Å². The molecule has 0 fully saturated rings. The van der Waals surface area contributed by atoms with E-state index >= 15 is 0 Å². The molecule has 0 aromatic heterocycles. The van der Waals surface area contributed by atoms with Crippen molar-refractivity contribution in [3.63, 3.8) is 0 Å². The molecule has 2 aromatic rings. The zero-order valence-corrected chi connectivity index (χ0v) is 18.9. The van der Waals surface area contributed by atoms with Gasteiger partial charge in [-0.15, -0.1) is 0 Å². The molecule has 2 rings (SSSR count). The maximum absolute atomic E-state index is 13.3. The Morgan fingerprint density at radius 3 is 2.16 bits per heavy atom. The van der Waals surface area contributed by atoms with Gasteiger partial charge in [0.25, 0.3) is 0 Å². The van der Waals surface area contributed by atoms with Gasteiger partial charge >= 0.3 is 0 Å². The van der Waals surface area contributed by atoms with Gasteiger partial charge in [0.1, 0.15) is 18.4 Å². The molecule has 2 amide bonds. The largest absolute Gasteiger partial charge is 0.355 e. The number of halogens is 1. The molecule has 9 heteroatoms. The molecule has 1 atom stereocenters. The lowest BCUT2D eigenvalue weighted by atomic mass is 10.1. The van der Waals surface area contributed by atoms with Gasteiger partial charge in [0.05, 0.1) is 11.9 Å². The molecule has 2 aromatic carbocycles. The smallest absolute Gasteiger partial charge is 0.244 e. The molecule has 0 aliphatic rings. The van der Waals surface area contributed by atoms with E-state index in [0.717, 1.165) is 16.1 Å². The van der Waals surface area contributed by atoms with Gasteiger partial charge in [-0.25, -0.2) is 12.8 Å². The standard InChI is InChI=1S/C22H28FN3O4S/c1-5-24-22(28)17(3)25(14-18-8-10-19(23)11-9-18)21(27)15-26(31(4,29)30)20-12-6-16(2)7-13-20/h6-13,17H,5,14-15H2,1-4H3,(H,24,28)/t17-/m1/s1. The van der Waals surface area contributed by atoms with Crippen molar-refractivity contribution in [1.29, 1.82) is 0 Å². The Kier molecular flexibility index (Phi) is 8.15. The van der Waals surface area contributed by atoms with Crippen molar-refractivity contribution in [2.75, 3.05) is 23.7 Å². The number of carbonyl (C=O) groups excluding carboxylic acids is 2. The van der Waals surface area contributed by atoms with Gasteiger partial charge in [0, 0.05) is 13.1 Å². The second kappa shape index (κ2) is 10.4. The van der Waals surface area contributed by atoms with E-state index < -0.39 is 34.3 Å². The highest BCUT2D eigenvalue weighted by atomic mass is 32.2. The number of hydrogen-bond acceptors (Lipinski definition) is 4. The van der Waals surface area contributed by atoms with E-state index in [-0.39, 0.29) is 12.5 Å². The van der Waals surface area contributed by atoms with Gasteiger partial charge in [0.15, 0.2) is 0 Å². The molecule has 0 spiro atoms. The van der Waals surface area contributed by atoms with Crippen LogP contribution in [0.5, 0.6) is 0 Å². The molecular formula is C22H28FN3O4S. The normalized spacial score (nSPS) is 12.2. The molecule has 0 unspecified atom stereocenters. The molecule has 0 heterocycles. The van der Waals surface area contributed by atoms with Crippen LogP contribution >= 0.6 is 0 Å². The molecule has 0 saturated heterocycles. The van der Waals surface area contributed by atoms with Crippen molar-refractivity contribution in [2.45, 2.75) is 33.4 Å². The third kappa shape index (κ3) is 6.78. The van der Waals surface area contributed by atoms with Crippen LogP contribution in [-0.4, -0.2) is 50.5 Å². The number of likely N-dealkylation sites (N-methyl/N-ethyl adjacent to an activating group) is 1. The van der Waals surface area contributed by atoms with Crippen LogP contribution in [0.1, 0.15) is 25.0 Å². The van der Waals surface area contributed by atoms with Crippen LogP contribution in [0.4, 0.5) is 10.1 Å². The fraction of sp³-hybridized carbons (Fsp3) is 0.364. The maximum Gasteiger partial charge on any atom is 0.244 e. The number of benzene rings is 2. The minimum absolute atomic E-state index is 0.0307. The highest BCUT2D eigenvalue weighted by Gasteiger charge is 2.29. The first-order valence-corrected chi connectivity index (χ1v) is 11.7. The topological polar surface area (TPSA) is 86.8 Å². The summed E-state index contributed by atoms with van der Waals surface area (Å²) in [4.78, 5) is 27.0. The number of nitrogens with zero attached hydrogens (tertiary/aromatic N) is 2. The van der Waals surface area contributed by atoms with Crippen molar-refractivity contribution in [1.82, 2.24) is 10.2 Å². The molecule has 0 radical (unpaired) electrons. The maximum atomic E-state index is 13.3. The molecular weight excluding hydrogens is 421 g/mol. The fourth-order valence-electron chi connectivity index (χ4n) is 3.02. The average Bonchev–Trinajstić information content (AvgIpc) is 2.71. The van der Waals surface area contributed by atoms with Crippen LogP contribution in [0.25, 0.3) is 0 Å². The Bertz CT molecular complexity index is 1010. The Labute approximate surface area is 182 Å². The van der Waals surface area contributed by atoms with Crippen LogP contribution in [0.15, 0.2) is 48.5 Å². The third-order valence-corrected chi connectivity index (χ3v) is 5.93. The van der Waals surface area contributed by atoms with E-state index in [2.05, 4.69) is 5.32 Å². The quantitative estimate of drug-likeness (QED) is 0.637. The van der Waals surface area contributed by atoms with E-state index in [4.69, 9.17) is 0 Å². The van der Waals surface area contributed by atoms with E-state index in [1.54, 1.807) is 38.1 Å². The number of hydrogen-bond donors (Lipinski definition) is 1. The predicted molar refractivity (Wildman–Crippen MR) is 118 cm³/mol. The van der Waals surface area contributed by atoms with E-state index in [1.807, 2.05) is 6.92 Å². The van der Waals surface area contributed by atoms with E-state index in [9.17, 15) is 22.4 Å². The van der Waals surface area contributed by atoms with Crippen LogP contribution in [0, 0.1) is 12.7 Å². The Balaban J connectivity index is 2.35. The Hall–Kier alpha value is -2.94. The molecule has 7 nitrogen and oxygen atoms in total. The summed E-state index contributed by atoms with van der Waals surface area (Å²) in [5, 5.41) is 2.67. The Morgan fingerprint density at radius 1 is 1.06 bits per heavy atom. The predicted octanol–water partition coefficient (Wildman–Crippen LogP) is 2.45. The van der Waals surface area contributed by atoms with Crippen molar-refractivity contribution >= 4 is 27.5 Å². The first kappa shape index (κ1) is 24.3. The monoisotopic (exact) mass is 449 g/mol. The fourth-order valence-corrected chi connectivity index (χ4v) is 3.87. The molecule has 0 aliphatic carbocycles. The SMILES string of the molecule is CCNC(=O)[C@@H](C)N(Cc1ccc(F)cc1)C(=O)CN(c1ccc(C)cc1)S(C)(=O)=O. The first-order valence-electron chi connectivity index (χ1n) is 9.89. The number of rotatable bonds is 9. The molecule has 31 heavy (non-hydrogen) atoms. The minimum Gasteiger partial charge on any atom is -0.355 e. The van der Waals surface area contributed by atoms with Crippen LogP contribution < -0.4 is 9.62 Å². The van der Waals surface area contributed by atoms with Gasteiger partial charge in [-0.1, -0.05) is 29.8 Å². The highest BCUT2D eigenvalue weighted by molar-refractivity contribution is 7.92. The van der Waals surface area contributed by atoms with Crippen LogP contribution in [0.3, 0.4) is 0 Å². The summed E-state index contributed by atoms with van der Waals surface area (Å²) in [6.07, 6.45) is 1.03. The summed E-state index contributed by atoms with van der Waals surface area (Å²) in [5.41, 5.74) is 1.92. The summed E-state index contributed by atoms with van der Waals surface area (Å²) in [6, 6.07) is 11.5. The number of nitrogens with one attached hydrogen (secondary N) is 1. The molecule has 0 bridgehead atoms. The zero-order chi connectivity index (χ0) is 23.2. The van der Waals surface area contributed by atoms with Crippen LogP contribution in [-0.2, 0) is 26.2 Å². The second-order valence-electron chi connectivity index (χ2n) is 7.32. The minimum atomic E-state index is -3.76. The number of amides is 2. The highest BCUT2D eigenvalue weighted by Crippen LogP contribution is 2.19. The van der Waals surface area contributed by atoms with Gasteiger partial charge in [-0.2, -0.15) is 0 Å². The lowest BCUT2D eigenvalue weighted by molar-refractivity contribution is -0.139. The van der Waals surface area contributed by atoms with Gasteiger partial charge in [0.2, 0.25) is 21.8 Å². The van der Waals surface area contributed by atoms with Crippen molar-refractivity contribution in [2.24, 2.45) is 0 Å². The summed E-state index contributed by atoms with van der Waals surface area (Å²) in [5.74, 6) is -1.32. The molecule has 0 saturated carbocycles. The number of anilines is 1. The number of carbonyl (C=O) groups is 2. The van der Waals surface area contributed by atoms with Crippen molar-refractivity contribution in [3.05, 3.63) is 65.5 Å². The molecule has 0 aliphatic heterocycles. The summed E-state index contributed by atoms with van der Waals surface area (Å²) in [6.45, 7) is 5.16.